The Balaban J connectivity index is 3.84. The highest BCUT2D eigenvalue weighted by atomic mass is 14.4. The van der Waals surface area contributed by atoms with Crippen molar-refractivity contribution in [3.8, 4) is 0 Å². The molecule has 0 rings (SSSR count). The molecule has 2 radical (unpaired) electrons. The minimum absolute atomic E-state index is 0.0161. The zero-order valence-electron chi connectivity index (χ0n) is 11.5. The molecule has 0 N–H and O–H groups in total. The van der Waals surface area contributed by atoms with E-state index in [-0.39, 0.29) is 10.7 Å². The van der Waals surface area contributed by atoms with Crippen LogP contribution in [0.2, 0.25) is 5.31 Å². The molecule has 0 aromatic heterocycles. The van der Waals surface area contributed by atoms with Gasteiger partial charge < -0.3 is 0 Å². The Labute approximate surface area is 98.6 Å². The van der Waals surface area contributed by atoms with E-state index in [1.165, 1.54) is 38.5 Å². The van der Waals surface area contributed by atoms with Gasteiger partial charge in [0.25, 0.3) is 0 Å². The minimum atomic E-state index is -0.0161. The first-order chi connectivity index (χ1) is 6.87. The van der Waals surface area contributed by atoms with Crippen molar-refractivity contribution in [2.75, 3.05) is 0 Å². The van der Waals surface area contributed by atoms with E-state index in [1.54, 1.807) is 0 Å². The van der Waals surface area contributed by atoms with Gasteiger partial charge in [-0.1, -0.05) is 78.5 Å². The molecule has 0 aromatic rings. The van der Waals surface area contributed by atoms with Crippen molar-refractivity contribution in [2.24, 2.45) is 5.41 Å². The summed E-state index contributed by atoms with van der Waals surface area (Å²) in [5.74, 6) is 0. The van der Waals surface area contributed by atoms with Crippen LogP contribution in [0.1, 0.15) is 79.6 Å². The van der Waals surface area contributed by atoms with Crippen molar-refractivity contribution < 1.29 is 0 Å². The second kappa shape index (κ2) is 6.61. The molecule has 0 aliphatic carbocycles. The van der Waals surface area contributed by atoms with Crippen LogP contribution >= 0.6 is 0 Å². The maximum Gasteiger partial charge on any atom is 0.0749 e. The Morgan fingerprint density at radius 1 is 0.867 bits per heavy atom. The van der Waals surface area contributed by atoms with E-state index >= 15 is 0 Å². The Bertz CT molecular complexity index is 159. The van der Waals surface area contributed by atoms with Crippen LogP contribution in [0.25, 0.3) is 0 Å². The normalized spacial score (nSPS) is 16.3. The zero-order valence-corrected chi connectivity index (χ0v) is 11.5. The number of hydrogen-bond acceptors (Lipinski definition) is 0. The van der Waals surface area contributed by atoms with Gasteiger partial charge in [0.05, 0.1) is 7.85 Å². The van der Waals surface area contributed by atoms with Crippen molar-refractivity contribution in [1.29, 1.82) is 0 Å². The van der Waals surface area contributed by atoms with Crippen LogP contribution in [-0.2, 0) is 0 Å². The molecule has 0 bridgehead atoms. The average molecular weight is 208 g/mol. The van der Waals surface area contributed by atoms with E-state index in [4.69, 9.17) is 7.85 Å². The standard InChI is InChI=1S/C14H29B/c1-6-8-9-10-11-12-13(3,4)14(5,15)7-2/h6-12H2,1-5H3. The predicted octanol–water partition coefficient (Wildman–Crippen LogP) is 5.13. The Morgan fingerprint density at radius 2 is 1.40 bits per heavy atom. The van der Waals surface area contributed by atoms with E-state index < -0.39 is 0 Å². The van der Waals surface area contributed by atoms with Crippen LogP contribution in [0.5, 0.6) is 0 Å². The monoisotopic (exact) mass is 208 g/mol. The maximum absolute atomic E-state index is 6.33. The lowest BCUT2D eigenvalue weighted by atomic mass is 9.52. The largest absolute Gasteiger partial charge is 0.0749 e. The summed E-state index contributed by atoms with van der Waals surface area (Å²) < 4.78 is 0. The molecule has 0 spiro atoms. The molecule has 1 unspecified atom stereocenters. The van der Waals surface area contributed by atoms with Gasteiger partial charge in [0, 0.05) is 0 Å². The van der Waals surface area contributed by atoms with Crippen molar-refractivity contribution in [2.45, 2.75) is 84.9 Å². The topological polar surface area (TPSA) is 0 Å². The van der Waals surface area contributed by atoms with Gasteiger partial charge in [-0.3, -0.25) is 0 Å². The molecule has 0 aromatic carbocycles. The summed E-state index contributed by atoms with van der Waals surface area (Å²) in [7, 11) is 6.33. The second-order valence-corrected chi connectivity index (χ2v) is 5.82. The Kier molecular flexibility index (Phi) is 6.63. The Morgan fingerprint density at radius 3 is 1.87 bits per heavy atom. The highest BCUT2D eigenvalue weighted by Crippen LogP contribution is 2.48. The van der Waals surface area contributed by atoms with E-state index in [2.05, 4.69) is 34.6 Å². The lowest BCUT2D eigenvalue weighted by Crippen LogP contribution is -2.28. The van der Waals surface area contributed by atoms with E-state index in [9.17, 15) is 0 Å². The summed E-state index contributed by atoms with van der Waals surface area (Å²) in [6.07, 6.45) is 9.13. The molecule has 0 heterocycles. The van der Waals surface area contributed by atoms with E-state index in [1.807, 2.05) is 0 Å². The van der Waals surface area contributed by atoms with E-state index in [0.717, 1.165) is 6.42 Å². The van der Waals surface area contributed by atoms with Crippen molar-refractivity contribution in [1.82, 2.24) is 0 Å². The van der Waals surface area contributed by atoms with Gasteiger partial charge >= 0.3 is 0 Å². The molecule has 1 heteroatoms. The van der Waals surface area contributed by atoms with Gasteiger partial charge in [-0.05, 0) is 11.8 Å². The van der Waals surface area contributed by atoms with Gasteiger partial charge in [0.15, 0.2) is 0 Å². The van der Waals surface area contributed by atoms with Crippen LogP contribution in [-0.4, -0.2) is 7.85 Å². The Hall–Kier alpha value is 0.0649. The minimum Gasteiger partial charge on any atom is -0.0671 e. The molecule has 0 saturated carbocycles. The lowest BCUT2D eigenvalue weighted by Gasteiger charge is -2.42. The molecule has 88 valence electrons. The third-order valence-electron chi connectivity index (χ3n) is 4.19. The fraction of sp³-hybridized carbons (Fsp3) is 1.00. The summed E-state index contributed by atoms with van der Waals surface area (Å²) in [5, 5.41) is -0.0161. The van der Waals surface area contributed by atoms with Gasteiger partial charge in [0.2, 0.25) is 0 Å². The smallest absolute Gasteiger partial charge is 0.0671 e. The molecular formula is C14H29B. The summed E-state index contributed by atoms with van der Waals surface area (Å²) in [6.45, 7) is 11.3. The van der Waals surface area contributed by atoms with Crippen LogP contribution in [0.15, 0.2) is 0 Å². The fourth-order valence-corrected chi connectivity index (χ4v) is 1.93. The van der Waals surface area contributed by atoms with Crippen molar-refractivity contribution in [3.05, 3.63) is 0 Å². The van der Waals surface area contributed by atoms with Crippen molar-refractivity contribution >= 4 is 7.85 Å². The third kappa shape index (κ3) is 5.09. The van der Waals surface area contributed by atoms with Crippen LogP contribution in [0.3, 0.4) is 0 Å². The first-order valence-electron chi connectivity index (χ1n) is 6.66. The molecular weight excluding hydrogens is 179 g/mol. The van der Waals surface area contributed by atoms with E-state index in [0.29, 0.717) is 0 Å². The number of rotatable bonds is 8. The van der Waals surface area contributed by atoms with Crippen LogP contribution < -0.4 is 0 Å². The molecule has 0 nitrogen and oxygen atoms in total. The zero-order chi connectivity index (χ0) is 11.9. The number of unbranched alkanes of at least 4 members (excludes halogenated alkanes) is 4. The van der Waals surface area contributed by atoms with Crippen molar-refractivity contribution in [3.63, 3.8) is 0 Å². The maximum atomic E-state index is 6.33. The SMILES string of the molecule is [B]C(C)(CC)C(C)(C)CCCCCCC. The molecule has 0 aliphatic rings. The first-order valence-corrected chi connectivity index (χ1v) is 6.66. The van der Waals surface area contributed by atoms with Gasteiger partial charge in [0.1, 0.15) is 0 Å². The average Bonchev–Trinajstić information content (AvgIpc) is 2.17. The summed E-state index contributed by atoms with van der Waals surface area (Å²) in [5.41, 5.74) is 0.272. The number of hydrogen-bond donors (Lipinski definition) is 0. The highest BCUT2D eigenvalue weighted by molar-refractivity contribution is 6.15. The quantitative estimate of drug-likeness (QED) is 0.383. The molecule has 0 amide bonds. The lowest BCUT2D eigenvalue weighted by molar-refractivity contribution is 0.216. The summed E-state index contributed by atoms with van der Waals surface area (Å²) in [6, 6.07) is 0. The predicted molar refractivity (Wildman–Crippen MR) is 71.6 cm³/mol. The van der Waals surface area contributed by atoms with Gasteiger partial charge in [-0.15, -0.1) is 0 Å². The highest BCUT2D eigenvalue weighted by Gasteiger charge is 2.33. The summed E-state index contributed by atoms with van der Waals surface area (Å²) >= 11 is 0. The molecule has 1 atom stereocenters. The molecule has 15 heavy (non-hydrogen) atoms. The van der Waals surface area contributed by atoms with Gasteiger partial charge in [-0.25, -0.2) is 0 Å². The first kappa shape index (κ1) is 15.1. The second-order valence-electron chi connectivity index (χ2n) is 5.82. The molecule has 0 saturated heterocycles. The van der Waals surface area contributed by atoms with Gasteiger partial charge in [-0.2, -0.15) is 0 Å². The molecule has 0 aliphatic heterocycles. The third-order valence-corrected chi connectivity index (χ3v) is 4.19. The van der Waals surface area contributed by atoms with Crippen LogP contribution in [0.4, 0.5) is 0 Å². The summed E-state index contributed by atoms with van der Waals surface area (Å²) in [4.78, 5) is 0. The molecule has 0 fully saturated rings. The fourth-order valence-electron chi connectivity index (χ4n) is 1.93. The van der Waals surface area contributed by atoms with Crippen LogP contribution in [0, 0.1) is 5.41 Å².